The molecule has 1 amide bonds. The van der Waals surface area contributed by atoms with Crippen molar-refractivity contribution in [3.8, 4) is 11.4 Å². The van der Waals surface area contributed by atoms with Crippen LogP contribution < -0.4 is 10.6 Å². The van der Waals surface area contributed by atoms with Crippen LogP contribution in [0.15, 0.2) is 79.0 Å². The minimum absolute atomic E-state index is 0.241. The fourth-order valence-corrected chi connectivity index (χ4v) is 4.06. The van der Waals surface area contributed by atoms with Gasteiger partial charge in [0.05, 0.1) is 34.8 Å². The lowest BCUT2D eigenvalue weighted by molar-refractivity contribution is -0.110. The third kappa shape index (κ3) is 4.44. The van der Waals surface area contributed by atoms with Gasteiger partial charge in [-0.1, -0.05) is 36.4 Å². The van der Waals surface area contributed by atoms with Crippen LogP contribution in [0.2, 0.25) is 0 Å². The maximum absolute atomic E-state index is 13.1. The van der Waals surface area contributed by atoms with Crippen molar-refractivity contribution < 1.29 is 14.3 Å². The average Bonchev–Trinajstić information content (AvgIpc) is 3.45. The number of aromatic amines is 1. The Hall–Kier alpha value is -4.65. The molecule has 1 aromatic heterocycles. The topological polar surface area (TPSA) is 96.1 Å². The summed E-state index contributed by atoms with van der Waals surface area (Å²) in [5.41, 5.74) is 6.46. The molecule has 0 aliphatic carbocycles. The summed E-state index contributed by atoms with van der Waals surface area (Å²) < 4.78 is 5.10. The van der Waals surface area contributed by atoms with Gasteiger partial charge in [0.25, 0.3) is 5.91 Å². The van der Waals surface area contributed by atoms with Crippen molar-refractivity contribution >= 4 is 34.5 Å². The first-order chi connectivity index (χ1) is 17.0. The predicted octanol–water partition coefficient (Wildman–Crippen LogP) is 5.49. The van der Waals surface area contributed by atoms with Gasteiger partial charge in [0.2, 0.25) is 0 Å². The molecule has 1 aliphatic rings. The normalized spacial score (nSPS) is 13.7. The maximum atomic E-state index is 13.1. The molecule has 0 unspecified atom stereocenters. The van der Waals surface area contributed by atoms with E-state index in [1.807, 2.05) is 67.7 Å². The van der Waals surface area contributed by atoms with Crippen molar-refractivity contribution in [3.05, 3.63) is 101 Å². The van der Waals surface area contributed by atoms with E-state index in [0.29, 0.717) is 22.5 Å². The molecule has 2 heterocycles. The van der Waals surface area contributed by atoms with Crippen molar-refractivity contribution in [2.24, 2.45) is 0 Å². The van der Waals surface area contributed by atoms with E-state index in [1.165, 1.54) is 0 Å². The molecule has 0 bridgehead atoms. The number of ether oxygens (including phenoxy) is 1. The third-order valence-corrected chi connectivity index (χ3v) is 5.72. The van der Waals surface area contributed by atoms with Crippen LogP contribution in [0.25, 0.3) is 22.7 Å². The Labute approximate surface area is 202 Å². The zero-order chi connectivity index (χ0) is 24.4. The second-order valence-corrected chi connectivity index (χ2v) is 8.14. The highest BCUT2D eigenvalue weighted by atomic mass is 16.5. The number of H-pyrrole nitrogens is 1. The monoisotopic (exact) mass is 464 g/mol. The number of amides is 1. The number of anilines is 2. The lowest BCUT2D eigenvalue weighted by Crippen LogP contribution is -2.10. The van der Waals surface area contributed by atoms with Gasteiger partial charge in [-0.15, -0.1) is 0 Å². The molecule has 0 saturated heterocycles. The zero-order valence-electron chi connectivity index (χ0n) is 19.4. The number of nitrogens with one attached hydrogen (secondary N) is 3. The van der Waals surface area contributed by atoms with Crippen LogP contribution >= 0.6 is 0 Å². The number of carbonyl (C=O) groups is 2. The van der Waals surface area contributed by atoms with Gasteiger partial charge < -0.3 is 20.4 Å². The number of hydrogen-bond acceptors (Lipinski definition) is 5. The summed E-state index contributed by atoms with van der Waals surface area (Å²) in [4.78, 5) is 33.0. The molecule has 3 aromatic carbocycles. The zero-order valence-corrected chi connectivity index (χ0v) is 19.4. The highest BCUT2D eigenvalue weighted by molar-refractivity contribution is 6.37. The number of benzene rings is 3. The Kier molecular flexibility index (Phi) is 5.89. The van der Waals surface area contributed by atoms with E-state index in [1.54, 1.807) is 25.1 Å². The predicted molar refractivity (Wildman–Crippen MR) is 137 cm³/mol. The van der Waals surface area contributed by atoms with Gasteiger partial charge in [-0.3, -0.25) is 4.79 Å². The first-order valence-corrected chi connectivity index (χ1v) is 11.4. The molecule has 3 N–H and O–H groups in total. The largest absolute Gasteiger partial charge is 0.462 e. The standard InChI is InChI=1S/C28H24N4O3/c1-3-35-28(34)20-11-14-22-23(15-20)32-27(33)24(22)25(18-7-5-4-6-8-18)31-21-12-9-19(10-13-21)26-29-16-17(2)30-26/h4-16,31H,3H2,1-2H3,(H,29,30)(H,32,33)/b25-24-. The molecule has 0 atom stereocenters. The van der Waals surface area contributed by atoms with E-state index in [-0.39, 0.29) is 12.5 Å². The summed E-state index contributed by atoms with van der Waals surface area (Å²) in [5.74, 6) is 0.141. The molecule has 0 fully saturated rings. The fraction of sp³-hybridized carbons (Fsp3) is 0.107. The molecule has 7 heteroatoms. The number of imidazole rings is 1. The summed E-state index contributed by atoms with van der Waals surface area (Å²) in [7, 11) is 0. The van der Waals surface area contributed by atoms with Crippen LogP contribution in [0.1, 0.15) is 34.1 Å². The summed E-state index contributed by atoms with van der Waals surface area (Å²) in [6, 6.07) is 22.7. The summed E-state index contributed by atoms with van der Waals surface area (Å²) in [5, 5.41) is 6.34. The molecule has 35 heavy (non-hydrogen) atoms. The van der Waals surface area contributed by atoms with Crippen LogP contribution in [0.3, 0.4) is 0 Å². The lowest BCUT2D eigenvalue weighted by atomic mass is 9.99. The van der Waals surface area contributed by atoms with Crippen molar-refractivity contribution in [3.63, 3.8) is 0 Å². The van der Waals surface area contributed by atoms with Gasteiger partial charge in [-0.05, 0) is 55.8 Å². The number of esters is 1. The van der Waals surface area contributed by atoms with Crippen LogP contribution in [-0.2, 0) is 9.53 Å². The van der Waals surface area contributed by atoms with E-state index in [2.05, 4.69) is 20.6 Å². The SMILES string of the molecule is CCOC(=O)c1ccc2c(c1)NC(=O)/C2=C(\Nc1ccc(-c2nc(C)c[nH]2)cc1)c1ccccc1. The molecule has 0 saturated carbocycles. The minimum atomic E-state index is -0.421. The van der Waals surface area contributed by atoms with Crippen molar-refractivity contribution in [1.29, 1.82) is 0 Å². The molecule has 0 radical (unpaired) electrons. The molecule has 1 aliphatic heterocycles. The van der Waals surface area contributed by atoms with Gasteiger partial charge in [0, 0.05) is 23.0 Å². The summed E-state index contributed by atoms with van der Waals surface area (Å²) >= 11 is 0. The van der Waals surface area contributed by atoms with Gasteiger partial charge >= 0.3 is 5.97 Å². The molecule has 4 aromatic rings. The maximum Gasteiger partial charge on any atom is 0.338 e. The number of fused-ring (bicyclic) bond motifs is 1. The smallest absolute Gasteiger partial charge is 0.338 e. The number of hydrogen-bond donors (Lipinski definition) is 3. The average molecular weight is 465 g/mol. The van der Waals surface area contributed by atoms with Gasteiger partial charge in [-0.25, -0.2) is 9.78 Å². The highest BCUT2D eigenvalue weighted by Gasteiger charge is 2.29. The molecular weight excluding hydrogens is 440 g/mol. The van der Waals surface area contributed by atoms with E-state index in [0.717, 1.165) is 33.9 Å². The molecule has 5 rings (SSSR count). The van der Waals surface area contributed by atoms with Crippen molar-refractivity contribution in [1.82, 2.24) is 9.97 Å². The number of nitrogens with zero attached hydrogens (tertiary/aromatic N) is 1. The van der Waals surface area contributed by atoms with Gasteiger partial charge in [0.1, 0.15) is 5.82 Å². The van der Waals surface area contributed by atoms with E-state index >= 15 is 0 Å². The number of aryl methyl sites for hydroxylation is 1. The minimum Gasteiger partial charge on any atom is -0.462 e. The summed E-state index contributed by atoms with van der Waals surface area (Å²) in [6.07, 6.45) is 1.86. The fourth-order valence-electron chi connectivity index (χ4n) is 4.06. The Bertz CT molecular complexity index is 1440. The second-order valence-electron chi connectivity index (χ2n) is 8.14. The van der Waals surface area contributed by atoms with Crippen LogP contribution in [0, 0.1) is 6.92 Å². The number of carbonyl (C=O) groups excluding carboxylic acids is 2. The first kappa shape index (κ1) is 22.2. The van der Waals surface area contributed by atoms with E-state index in [9.17, 15) is 9.59 Å². The van der Waals surface area contributed by atoms with Crippen LogP contribution in [0.4, 0.5) is 11.4 Å². The number of aromatic nitrogens is 2. The highest BCUT2D eigenvalue weighted by Crippen LogP contribution is 2.38. The molecular formula is C28H24N4O3. The first-order valence-electron chi connectivity index (χ1n) is 11.4. The molecule has 174 valence electrons. The second kappa shape index (κ2) is 9.30. The van der Waals surface area contributed by atoms with E-state index in [4.69, 9.17) is 4.74 Å². The Morgan fingerprint density at radius 2 is 1.77 bits per heavy atom. The Balaban J connectivity index is 1.55. The van der Waals surface area contributed by atoms with Crippen molar-refractivity contribution in [2.45, 2.75) is 13.8 Å². The van der Waals surface area contributed by atoms with Crippen LogP contribution in [-0.4, -0.2) is 28.5 Å². The van der Waals surface area contributed by atoms with Gasteiger partial charge in [0.15, 0.2) is 0 Å². The van der Waals surface area contributed by atoms with Crippen LogP contribution in [0.5, 0.6) is 0 Å². The van der Waals surface area contributed by atoms with E-state index < -0.39 is 5.97 Å². The third-order valence-electron chi connectivity index (χ3n) is 5.72. The quantitative estimate of drug-likeness (QED) is 0.259. The number of rotatable bonds is 6. The lowest BCUT2D eigenvalue weighted by Gasteiger charge is -2.15. The summed E-state index contributed by atoms with van der Waals surface area (Å²) in [6.45, 7) is 3.98. The molecule has 0 spiro atoms. The van der Waals surface area contributed by atoms with Gasteiger partial charge in [-0.2, -0.15) is 0 Å². The molecule has 7 nitrogen and oxygen atoms in total. The Morgan fingerprint density at radius 1 is 1.00 bits per heavy atom. The van der Waals surface area contributed by atoms with Crippen molar-refractivity contribution in [2.75, 3.05) is 17.2 Å². The Morgan fingerprint density at radius 3 is 2.46 bits per heavy atom.